The molecule has 0 amide bonds. The molecule has 4 aliphatic rings. The molecule has 5 heteroatoms. The summed E-state index contributed by atoms with van der Waals surface area (Å²) in [5.41, 5.74) is 1.35. The van der Waals surface area contributed by atoms with Crippen molar-refractivity contribution in [2.24, 2.45) is 0 Å². The number of ketones is 1. The van der Waals surface area contributed by atoms with E-state index in [-0.39, 0.29) is 11.5 Å². The molecule has 2 aliphatic heterocycles. The highest BCUT2D eigenvalue weighted by molar-refractivity contribution is 5.89. The average Bonchev–Trinajstić information content (AvgIpc) is 2.95. The van der Waals surface area contributed by atoms with Gasteiger partial charge in [0.15, 0.2) is 23.4 Å². The second-order valence-electron chi connectivity index (χ2n) is 7.40. The summed E-state index contributed by atoms with van der Waals surface area (Å²) in [5, 5.41) is 12.3. The van der Waals surface area contributed by atoms with Gasteiger partial charge in [0.25, 0.3) is 0 Å². The van der Waals surface area contributed by atoms with E-state index in [0.29, 0.717) is 25.1 Å². The van der Waals surface area contributed by atoms with E-state index in [4.69, 9.17) is 9.57 Å². The number of aryl methyl sites for hydroxylation is 1. The van der Waals surface area contributed by atoms with Crippen LogP contribution in [-0.2, 0) is 21.5 Å². The molecule has 2 heterocycles. The fourth-order valence-electron chi connectivity index (χ4n) is 5.47. The molecule has 5 rings (SSSR count). The molecule has 2 fully saturated rings. The van der Waals surface area contributed by atoms with Crippen molar-refractivity contribution in [1.82, 2.24) is 5.06 Å². The van der Waals surface area contributed by atoms with E-state index in [9.17, 15) is 9.90 Å². The lowest BCUT2D eigenvalue weighted by atomic mass is 9.52. The molecule has 3 atom stereocenters. The third kappa shape index (κ3) is 1.50. The number of aromatic hydroxyl groups is 1. The normalized spacial score (nSPS) is 36.7. The number of Topliss-reactive ketones (excluding diaryl/α,β-unsaturated/α-hetero) is 1. The molecular formula is C19H21NO4. The Labute approximate surface area is 140 Å². The maximum atomic E-state index is 12.7. The van der Waals surface area contributed by atoms with Crippen molar-refractivity contribution in [2.45, 2.75) is 49.2 Å². The minimum atomic E-state index is -0.528. The lowest BCUT2D eigenvalue weighted by Gasteiger charge is -2.59. The van der Waals surface area contributed by atoms with Gasteiger partial charge in [-0.05, 0) is 37.3 Å². The van der Waals surface area contributed by atoms with Crippen LogP contribution in [0.2, 0.25) is 0 Å². The highest BCUT2D eigenvalue weighted by Crippen LogP contribution is 2.65. The predicted octanol–water partition coefficient (Wildman–Crippen LogP) is 2.26. The number of rotatable bonds is 2. The van der Waals surface area contributed by atoms with Gasteiger partial charge >= 0.3 is 0 Å². The Bertz CT molecular complexity index is 760. The highest BCUT2D eigenvalue weighted by atomic mass is 16.7. The van der Waals surface area contributed by atoms with E-state index in [1.807, 2.05) is 17.2 Å². The summed E-state index contributed by atoms with van der Waals surface area (Å²) in [4.78, 5) is 19.2. The minimum absolute atomic E-state index is 0.134. The molecule has 5 nitrogen and oxygen atoms in total. The lowest BCUT2D eigenvalue weighted by molar-refractivity contribution is -0.314. The largest absolute Gasteiger partial charge is 0.504 e. The van der Waals surface area contributed by atoms with Crippen LogP contribution >= 0.6 is 0 Å². The second kappa shape index (κ2) is 4.61. The molecule has 1 saturated carbocycles. The molecule has 1 spiro atoms. The van der Waals surface area contributed by atoms with Gasteiger partial charge in [-0.25, -0.2) is 0 Å². The number of phenolic OH excluding ortho intramolecular Hbond substituents is 1. The standard InChI is InChI=1S/C19H21NO4/c1-2-10-20-11-9-19-15-12-3-4-13(21)16(15)23-17(19)14(22)6-8-18(19,24-20)7-5-12/h2-4,17,21H,1,5-11H2. The maximum absolute atomic E-state index is 12.7. The summed E-state index contributed by atoms with van der Waals surface area (Å²) < 4.78 is 6.08. The molecule has 1 N–H and O–H groups in total. The fourth-order valence-corrected chi connectivity index (χ4v) is 5.47. The number of hydrogen-bond acceptors (Lipinski definition) is 5. The first kappa shape index (κ1) is 14.5. The van der Waals surface area contributed by atoms with E-state index in [2.05, 4.69) is 6.58 Å². The zero-order valence-electron chi connectivity index (χ0n) is 13.6. The summed E-state index contributed by atoms with van der Waals surface area (Å²) >= 11 is 0. The second-order valence-corrected chi connectivity index (χ2v) is 7.40. The number of hydrogen-bond donors (Lipinski definition) is 1. The quantitative estimate of drug-likeness (QED) is 0.845. The van der Waals surface area contributed by atoms with Crippen molar-refractivity contribution < 1.29 is 19.5 Å². The Kier molecular flexibility index (Phi) is 2.78. The van der Waals surface area contributed by atoms with Gasteiger partial charge in [-0.15, -0.1) is 6.58 Å². The van der Waals surface area contributed by atoms with Crippen molar-refractivity contribution >= 4 is 5.78 Å². The molecule has 126 valence electrons. The number of carbonyl (C=O) groups excluding carboxylic acids is 1. The van der Waals surface area contributed by atoms with Crippen LogP contribution in [0.3, 0.4) is 0 Å². The molecule has 1 saturated heterocycles. The van der Waals surface area contributed by atoms with Crippen molar-refractivity contribution in [3.63, 3.8) is 0 Å². The van der Waals surface area contributed by atoms with E-state index in [1.54, 1.807) is 6.07 Å². The zero-order chi connectivity index (χ0) is 16.5. The van der Waals surface area contributed by atoms with Gasteiger partial charge in [-0.2, -0.15) is 5.06 Å². The SMILES string of the molecule is C=CCN1CCC23c4c5ccc(O)c4OC2C(=O)CCC3(CC5)O1. The summed E-state index contributed by atoms with van der Waals surface area (Å²) in [6.45, 7) is 5.22. The Hall–Kier alpha value is -1.85. The first-order valence-electron chi connectivity index (χ1n) is 8.71. The van der Waals surface area contributed by atoms with Crippen molar-refractivity contribution in [3.8, 4) is 11.5 Å². The van der Waals surface area contributed by atoms with Crippen molar-refractivity contribution in [2.75, 3.05) is 13.1 Å². The van der Waals surface area contributed by atoms with Crippen LogP contribution in [0.1, 0.15) is 36.8 Å². The first-order chi connectivity index (χ1) is 11.6. The van der Waals surface area contributed by atoms with E-state index in [0.717, 1.165) is 31.4 Å². The Balaban J connectivity index is 1.73. The molecule has 0 radical (unpaired) electrons. The average molecular weight is 327 g/mol. The third-order valence-electron chi connectivity index (χ3n) is 6.42. The van der Waals surface area contributed by atoms with Crippen LogP contribution in [0.15, 0.2) is 24.8 Å². The third-order valence-corrected chi connectivity index (χ3v) is 6.42. The van der Waals surface area contributed by atoms with E-state index >= 15 is 0 Å². The van der Waals surface area contributed by atoms with E-state index < -0.39 is 17.1 Å². The van der Waals surface area contributed by atoms with Crippen LogP contribution in [0, 0.1) is 0 Å². The molecule has 24 heavy (non-hydrogen) atoms. The summed E-state index contributed by atoms with van der Waals surface area (Å²) in [5.74, 6) is 0.780. The van der Waals surface area contributed by atoms with Gasteiger partial charge < -0.3 is 9.84 Å². The van der Waals surface area contributed by atoms with Crippen molar-refractivity contribution in [1.29, 1.82) is 0 Å². The molecule has 1 aromatic carbocycles. The van der Waals surface area contributed by atoms with Crippen LogP contribution in [0.25, 0.3) is 0 Å². The van der Waals surface area contributed by atoms with Gasteiger partial charge in [-0.1, -0.05) is 12.1 Å². The predicted molar refractivity (Wildman–Crippen MR) is 87.0 cm³/mol. The maximum Gasteiger partial charge on any atom is 0.174 e. The zero-order valence-corrected chi connectivity index (χ0v) is 13.6. The number of benzene rings is 1. The summed E-state index contributed by atoms with van der Waals surface area (Å²) in [7, 11) is 0. The topological polar surface area (TPSA) is 59.0 Å². The Morgan fingerprint density at radius 1 is 1.33 bits per heavy atom. The molecule has 0 bridgehead atoms. The first-order valence-corrected chi connectivity index (χ1v) is 8.71. The minimum Gasteiger partial charge on any atom is -0.504 e. The van der Waals surface area contributed by atoms with Gasteiger partial charge in [0.2, 0.25) is 0 Å². The number of hydroxylamine groups is 2. The van der Waals surface area contributed by atoms with Gasteiger partial charge in [0, 0.05) is 25.1 Å². The number of nitrogens with zero attached hydrogens (tertiary/aromatic N) is 1. The van der Waals surface area contributed by atoms with Crippen LogP contribution in [-0.4, -0.2) is 40.7 Å². The van der Waals surface area contributed by atoms with Crippen LogP contribution in [0.4, 0.5) is 0 Å². The van der Waals surface area contributed by atoms with Crippen LogP contribution in [0.5, 0.6) is 11.5 Å². The van der Waals surface area contributed by atoms with Gasteiger partial charge in [0.1, 0.15) is 5.60 Å². The highest BCUT2D eigenvalue weighted by Gasteiger charge is 2.71. The summed E-state index contributed by atoms with van der Waals surface area (Å²) in [6, 6.07) is 3.67. The van der Waals surface area contributed by atoms with Gasteiger partial charge in [-0.3, -0.25) is 9.63 Å². The van der Waals surface area contributed by atoms with E-state index in [1.165, 1.54) is 5.56 Å². The Morgan fingerprint density at radius 3 is 3.00 bits per heavy atom. The van der Waals surface area contributed by atoms with Crippen LogP contribution < -0.4 is 4.74 Å². The summed E-state index contributed by atoms with van der Waals surface area (Å²) in [6.07, 6.45) is 5.08. The molecule has 1 aromatic rings. The number of phenols is 1. The smallest absolute Gasteiger partial charge is 0.174 e. The molecule has 3 unspecified atom stereocenters. The molecule has 2 aliphatic carbocycles. The van der Waals surface area contributed by atoms with Gasteiger partial charge in [0.05, 0.1) is 5.41 Å². The number of carbonyl (C=O) groups is 1. The van der Waals surface area contributed by atoms with Crippen molar-refractivity contribution in [3.05, 3.63) is 35.9 Å². The monoisotopic (exact) mass is 327 g/mol. The number of ether oxygens (including phenoxy) is 1. The fraction of sp³-hybridized carbons (Fsp3) is 0.526. The molecule has 0 aromatic heterocycles. The molecular weight excluding hydrogens is 306 g/mol. The Morgan fingerprint density at radius 2 is 2.17 bits per heavy atom. The lowest BCUT2D eigenvalue weighted by Crippen LogP contribution is -2.70.